The summed E-state index contributed by atoms with van der Waals surface area (Å²) < 4.78 is 1.92. The van der Waals surface area contributed by atoms with Crippen molar-refractivity contribution in [1.82, 2.24) is 19.7 Å². The molecule has 0 radical (unpaired) electrons. The monoisotopic (exact) mass is 231 g/mol. The van der Waals surface area contributed by atoms with Crippen LogP contribution in [0.5, 0.6) is 0 Å². The van der Waals surface area contributed by atoms with Crippen LogP contribution < -0.4 is 5.73 Å². The molecule has 0 aromatic carbocycles. The molecule has 0 spiro atoms. The lowest BCUT2D eigenvalue weighted by atomic mass is 10.1. The minimum absolute atomic E-state index is 0.267. The molecule has 0 aliphatic carbocycles. The third-order valence-electron chi connectivity index (χ3n) is 2.62. The molecule has 0 amide bonds. The van der Waals surface area contributed by atoms with E-state index in [0.29, 0.717) is 0 Å². The summed E-state index contributed by atoms with van der Waals surface area (Å²) in [5.41, 5.74) is 8.82. The summed E-state index contributed by atoms with van der Waals surface area (Å²) in [6.07, 6.45) is 6.26. The molecule has 2 aromatic heterocycles. The molecule has 90 valence electrons. The Kier molecular flexibility index (Phi) is 3.49. The van der Waals surface area contributed by atoms with E-state index in [2.05, 4.69) is 22.0 Å². The van der Waals surface area contributed by atoms with Gasteiger partial charge in [-0.25, -0.2) is 0 Å². The summed E-state index contributed by atoms with van der Waals surface area (Å²) in [4.78, 5) is 8.52. The Bertz CT molecular complexity index is 474. The van der Waals surface area contributed by atoms with Crippen molar-refractivity contribution in [3.05, 3.63) is 41.7 Å². The van der Waals surface area contributed by atoms with E-state index in [1.54, 1.807) is 18.6 Å². The first-order chi connectivity index (χ1) is 8.22. The van der Waals surface area contributed by atoms with E-state index in [1.165, 1.54) is 0 Å². The first-order valence-corrected chi connectivity index (χ1v) is 5.78. The SMILES string of the molecule is CCCn1nccc1C(N)c1cnc(C)cn1. The predicted octanol–water partition coefficient (Wildman–Crippen LogP) is 1.44. The zero-order chi connectivity index (χ0) is 12.3. The Morgan fingerprint density at radius 3 is 2.82 bits per heavy atom. The quantitative estimate of drug-likeness (QED) is 0.864. The molecule has 2 N–H and O–H groups in total. The summed E-state index contributed by atoms with van der Waals surface area (Å²) in [6, 6.07) is 1.67. The van der Waals surface area contributed by atoms with Gasteiger partial charge in [-0.3, -0.25) is 14.6 Å². The summed E-state index contributed by atoms with van der Waals surface area (Å²) >= 11 is 0. The average Bonchev–Trinajstić information content (AvgIpc) is 2.78. The molecule has 0 aliphatic rings. The van der Waals surface area contributed by atoms with Crippen molar-refractivity contribution in [2.45, 2.75) is 32.9 Å². The van der Waals surface area contributed by atoms with Crippen molar-refractivity contribution >= 4 is 0 Å². The van der Waals surface area contributed by atoms with Crippen LogP contribution in [0.15, 0.2) is 24.7 Å². The highest BCUT2D eigenvalue weighted by Crippen LogP contribution is 2.16. The standard InChI is InChI=1S/C12H17N5/c1-3-6-17-11(4-5-16-17)12(13)10-8-14-9(2)7-15-10/h4-5,7-8,12H,3,6,13H2,1-2H3. The highest BCUT2D eigenvalue weighted by molar-refractivity contribution is 5.19. The first kappa shape index (κ1) is 11.7. The Balaban J connectivity index is 2.26. The summed E-state index contributed by atoms with van der Waals surface area (Å²) in [5, 5.41) is 4.26. The van der Waals surface area contributed by atoms with Gasteiger partial charge in [-0.05, 0) is 19.4 Å². The van der Waals surface area contributed by atoms with Crippen molar-refractivity contribution in [3.63, 3.8) is 0 Å². The summed E-state index contributed by atoms with van der Waals surface area (Å²) in [5.74, 6) is 0. The normalized spacial score (nSPS) is 12.6. The number of hydrogen-bond acceptors (Lipinski definition) is 4. The van der Waals surface area contributed by atoms with Crippen LogP contribution in [0.4, 0.5) is 0 Å². The summed E-state index contributed by atoms with van der Waals surface area (Å²) in [6.45, 7) is 4.89. The molecule has 0 bridgehead atoms. The van der Waals surface area contributed by atoms with Gasteiger partial charge in [0.15, 0.2) is 0 Å². The molecular weight excluding hydrogens is 214 g/mol. The van der Waals surface area contributed by atoms with Gasteiger partial charge in [-0.2, -0.15) is 5.10 Å². The van der Waals surface area contributed by atoms with Crippen molar-refractivity contribution in [2.24, 2.45) is 5.73 Å². The third kappa shape index (κ3) is 2.50. The van der Waals surface area contributed by atoms with Crippen LogP contribution in [-0.2, 0) is 6.54 Å². The van der Waals surface area contributed by atoms with Gasteiger partial charge in [0, 0.05) is 18.9 Å². The lowest BCUT2D eigenvalue weighted by Gasteiger charge is -2.13. The fourth-order valence-electron chi connectivity index (χ4n) is 1.72. The second-order valence-electron chi connectivity index (χ2n) is 4.04. The Morgan fingerprint density at radius 1 is 1.35 bits per heavy atom. The number of hydrogen-bond donors (Lipinski definition) is 1. The van der Waals surface area contributed by atoms with Crippen molar-refractivity contribution < 1.29 is 0 Å². The first-order valence-electron chi connectivity index (χ1n) is 5.78. The fraction of sp³-hybridized carbons (Fsp3) is 0.417. The van der Waals surface area contributed by atoms with Crippen LogP contribution in [0.25, 0.3) is 0 Å². The molecule has 2 heterocycles. The van der Waals surface area contributed by atoms with Gasteiger partial charge in [0.2, 0.25) is 0 Å². The molecule has 5 heteroatoms. The van der Waals surface area contributed by atoms with Gasteiger partial charge >= 0.3 is 0 Å². The second-order valence-corrected chi connectivity index (χ2v) is 4.04. The Morgan fingerprint density at radius 2 is 2.18 bits per heavy atom. The minimum Gasteiger partial charge on any atom is -0.318 e. The van der Waals surface area contributed by atoms with Crippen LogP contribution in [0.2, 0.25) is 0 Å². The molecule has 0 aliphatic heterocycles. The smallest absolute Gasteiger partial charge is 0.0912 e. The second kappa shape index (κ2) is 5.05. The maximum atomic E-state index is 6.18. The molecule has 5 nitrogen and oxygen atoms in total. The average molecular weight is 231 g/mol. The van der Waals surface area contributed by atoms with E-state index >= 15 is 0 Å². The fourth-order valence-corrected chi connectivity index (χ4v) is 1.72. The largest absolute Gasteiger partial charge is 0.318 e. The van der Waals surface area contributed by atoms with Gasteiger partial charge in [0.25, 0.3) is 0 Å². The molecule has 1 atom stereocenters. The molecule has 1 unspecified atom stereocenters. The highest BCUT2D eigenvalue weighted by atomic mass is 15.3. The maximum Gasteiger partial charge on any atom is 0.0912 e. The van der Waals surface area contributed by atoms with Gasteiger partial charge in [-0.1, -0.05) is 6.92 Å². The van der Waals surface area contributed by atoms with Crippen molar-refractivity contribution in [2.75, 3.05) is 0 Å². The molecule has 0 saturated heterocycles. The number of rotatable bonds is 4. The van der Waals surface area contributed by atoms with E-state index in [-0.39, 0.29) is 6.04 Å². The molecule has 0 fully saturated rings. The number of aromatic nitrogens is 4. The van der Waals surface area contributed by atoms with Gasteiger partial charge in [-0.15, -0.1) is 0 Å². The predicted molar refractivity (Wildman–Crippen MR) is 65.3 cm³/mol. The highest BCUT2D eigenvalue weighted by Gasteiger charge is 2.15. The van der Waals surface area contributed by atoms with Crippen molar-refractivity contribution in [3.8, 4) is 0 Å². The van der Waals surface area contributed by atoms with Crippen LogP contribution in [0.3, 0.4) is 0 Å². The zero-order valence-electron chi connectivity index (χ0n) is 10.2. The van der Waals surface area contributed by atoms with Crippen LogP contribution in [-0.4, -0.2) is 19.7 Å². The van der Waals surface area contributed by atoms with E-state index < -0.39 is 0 Å². The van der Waals surface area contributed by atoms with Gasteiger partial charge in [0.1, 0.15) is 0 Å². The Hall–Kier alpha value is -1.75. The van der Waals surface area contributed by atoms with Crippen LogP contribution in [0, 0.1) is 6.92 Å². The van der Waals surface area contributed by atoms with E-state index in [4.69, 9.17) is 5.73 Å². The van der Waals surface area contributed by atoms with Gasteiger partial charge < -0.3 is 5.73 Å². The topological polar surface area (TPSA) is 69.6 Å². The number of aryl methyl sites for hydroxylation is 2. The lowest BCUT2D eigenvalue weighted by Crippen LogP contribution is -2.19. The maximum absolute atomic E-state index is 6.18. The molecule has 0 saturated carbocycles. The number of nitrogens with two attached hydrogens (primary N) is 1. The zero-order valence-corrected chi connectivity index (χ0v) is 10.2. The van der Waals surface area contributed by atoms with Gasteiger partial charge in [0.05, 0.1) is 29.3 Å². The number of nitrogens with zero attached hydrogens (tertiary/aromatic N) is 4. The molecule has 17 heavy (non-hydrogen) atoms. The molecular formula is C12H17N5. The minimum atomic E-state index is -0.267. The molecule has 2 aromatic rings. The third-order valence-corrected chi connectivity index (χ3v) is 2.62. The molecule has 2 rings (SSSR count). The van der Waals surface area contributed by atoms with Crippen LogP contribution in [0.1, 0.15) is 36.5 Å². The van der Waals surface area contributed by atoms with E-state index in [1.807, 2.05) is 17.7 Å². The van der Waals surface area contributed by atoms with Crippen molar-refractivity contribution in [1.29, 1.82) is 0 Å². The lowest BCUT2D eigenvalue weighted by molar-refractivity contribution is 0.556. The van der Waals surface area contributed by atoms with E-state index in [0.717, 1.165) is 30.0 Å². The van der Waals surface area contributed by atoms with Crippen LogP contribution >= 0.6 is 0 Å². The van der Waals surface area contributed by atoms with E-state index in [9.17, 15) is 0 Å². The Labute approximate surface area is 101 Å². The summed E-state index contributed by atoms with van der Waals surface area (Å²) in [7, 11) is 0.